The molecule has 1 heterocycles. The Balaban J connectivity index is 2.04. The molecule has 0 saturated carbocycles. The van der Waals surface area contributed by atoms with Gasteiger partial charge in [0.1, 0.15) is 17.3 Å². The van der Waals surface area contributed by atoms with Gasteiger partial charge in [-0.1, -0.05) is 32.9 Å². The molecule has 1 N–H and O–H groups in total. The van der Waals surface area contributed by atoms with Crippen LogP contribution in [0.1, 0.15) is 63.8 Å². The molecule has 2 aromatic carbocycles. The Morgan fingerprint density at radius 2 is 1.74 bits per heavy atom. The smallest absolute Gasteiger partial charge is 0.295 e. The van der Waals surface area contributed by atoms with Crippen LogP contribution in [-0.2, 0) is 9.59 Å². The Morgan fingerprint density at radius 1 is 1.06 bits per heavy atom. The molecule has 0 radical (unpaired) electrons. The number of ketones is 1. The summed E-state index contributed by atoms with van der Waals surface area (Å²) in [6.07, 6.45) is 0.712. The van der Waals surface area contributed by atoms with Crippen LogP contribution in [0.3, 0.4) is 0 Å². The van der Waals surface area contributed by atoms with Gasteiger partial charge in [-0.05, 0) is 74.6 Å². The molecule has 34 heavy (non-hydrogen) atoms. The zero-order valence-corrected chi connectivity index (χ0v) is 20.9. The molecule has 6 heteroatoms. The van der Waals surface area contributed by atoms with Crippen LogP contribution >= 0.6 is 0 Å². The van der Waals surface area contributed by atoms with Gasteiger partial charge in [0.2, 0.25) is 0 Å². The number of aliphatic hydroxyl groups is 1. The van der Waals surface area contributed by atoms with Crippen molar-refractivity contribution in [1.29, 1.82) is 0 Å². The summed E-state index contributed by atoms with van der Waals surface area (Å²) in [6.45, 7) is 12.9. The van der Waals surface area contributed by atoms with E-state index in [2.05, 4.69) is 13.8 Å². The molecule has 1 saturated heterocycles. The Bertz CT molecular complexity index is 1070. The summed E-state index contributed by atoms with van der Waals surface area (Å²) in [6, 6.07) is 12.0. The largest absolute Gasteiger partial charge is 0.507 e. The highest BCUT2D eigenvalue weighted by molar-refractivity contribution is 6.46. The van der Waals surface area contributed by atoms with Gasteiger partial charge < -0.3 is 19.5 Å². The van der Waals surface area contributed by atoms with Crippen molar-refractivity contribution in [1.82, 2.24) is 4.90 Å². The van der Waals surface area contributed by atoms with E-state index >= 15 is 0 Å². The van der Waals surface area contributed by atoms with Crippen molar-refractivity contribution < 1.29 is 24.2 Å². The first-order chi connectivity index (χ1) is 16.1. The highest BCUT2D eigenvalue weighted by Gasteiger charge is 2.45. The molecule has 1 atom stereocenters. The fourth-order valence-electron chi connectivity index (χ4n) is 4.05. The molecule has 1 unspecified atom stereocenters. The number of carbonyl (C=O) groups is 2. The average molecular weight is 466 g/mol. The molecule has 0 bridgehead atoms. The zero-order chi connectivity index (χ0) is 25.0. The SMILES string of the molecule is CCCN1C(=O)C(=O)/C(=C(\O)c2ccc(OC(C)C)c(C)c2)C1c1ccc(OCC(C)C)cc1. The number of hydrogen-bond donors (Lipinski definition) is 1. The standard InChI is InChI=1S/C28H35NO5/c1-7-14-29-25(20-8-11-22(12-9-20)33-16-17(2)3)24(27(31)28(29)32)26(30)21-10-13-23(19(6)15-21)34-18(4)5/h8-13,15,17-18,25,30H,7,14,16H2,1-6H3/b26-24-. The van der Waals surface area contributed by atoms with Crippen LogP contribution in [0.5, 0.6) is 11.5 Å². The second kappa shape index (κ2) is 10.8. The van der Waals surface area contributed by atoms with Crippen molar-refractivity contribution in [2.75, 3.05) is 13.2 Å². The van der Waals surface area contributed by atoms with Crippen LogP contribution in [0, 0.1) is 12.8 Å². The summed E-state index contributed by atoms with van der Waals surface area (Å²) in [7, 11) is 0. The maximum atomic E-state index is 13.1. The monoisotopic (exact) mass is 465 g/mol. The van der Waals surface area contributed by atoms with Crippen molar-refractivity contribution >= 4 is 17.4 Å². The third-order valence-electron chi connectivity index (χ3n) is 5.59. The minimum atomic E-state index is -0.670. The van der Waals surface area contributed by atoms with Crippen molar-refractivity contribution in [2.24, 2.45) is 5.92 Å². The number of nitrogens with zero attached hydrogens (tertiary/aromatic N) is 1. The van der Waals surface area contributed by atoms with Crippen LogP contribution in [0.2, 0.25) is 0 Å². The minimum Gasteiger partial charge on any atom is -0.507 e. The highest BCUT2D eigenvalue weighted by atomic mass is 16.5. The third-order valence-corrected chi connectivity index (χ3v) is 5.59. The van der Waals surface area contributed by atoms with Crippen LogP contribution in [0.15, 0.2) is 48.0 Å². The molecule has 0 spiro atoms. The number of likely N-dealkylation sites (tertiary alicyclic amines) is 1. The fraction of sp³-hybridized carbons (Fsp3) is 0.429. The fourth-order valence-corrected chi connectivity index (χ4v) is 4.05. The summed E-state index contributed by atoms with van der Waals surface area (Å²) in [4.78, 5) is 27.5. The average Bonchev–Trinajstić information content (AvgIpc) is 3.04. The van der Waals surface area contributed by atoms with Gasteiger partial charge in [0.25, 0.3) is 11.7 Å². The molecular weight excluding hydrogens is 430 g/mol. The number of rotatable bonds is 9. The summed E-state index contributed by atoms with van der Waals surface area (Å²) < 4.78 is 11.6. The molecule has 1 amide bonds. The van der Waals surface area contributed by atoms with Gasteiger partial charge >= 0.3 is 0 Å². The van der Waals surface area contributed by atoms with Crippen LogP contribution in [0.25, 0.3) is 5.76 Å². The van der Waals surface area contributed by atoms with E-state index in [1.54, 1.807) is 23.1 Å². The van der Waals surface area contributed by atoms with Gasteiger partial charge in [0, 0.05) is 12.1 Å². The number of Topliss-reactive ketones (excluding diaryl/α,β-unsaturated/α-hetero) is 1. The van der Waals surface area contributed by atoms with Crippen molar-refractivity contribution in [3.05, 3.63) is 64.7 Å². The molecule has 0 aliphatic carbocycles. The predicted molar refractivity (Wildman–Crippen MR) is 133 cm³/mol. The second-order valence-electron chi connectivity index (χ2n) is 9.41. The topological polar surface area (TPSA) is 76.1 Å². The molecule has 1 aliphatic rings. The Hall–Kier alpha value is -3.28. The van der Waals surface area contributed by atoms with E-state index in [-0.39, 0.29) is 17.4 Å². The van der Waals surface area contributed by atoms with Crippen molar-refractivity contribution in [3.63, 3.8) is 0 Å². The minimum absolute atomic E-state index is 0.0185. The van der Waals surface area contributed by atoms with Crippen LogP contribution in [0.4, 0.5) is 0 Å². The predicted octanol–water partition coefficient (Wildman–Crippen LogP) is 5.65. The lowest BCUT2D eigenvalue weighted by atomic mass is 9.94. The summed E-state index contributed by atoms with van der Waals surface area (Å²) >= 11 is 0. The zero-order valence-electron chi connectivity index (χ0n) is 20.9. The molecule has 1 fully saturated rings. The number of ether oxygens (including phenoxy) is 2. The van der Waals surface area contributed by atoms with E-state index in [1.807, 2.05) is 52.0 Å². The molecule has 0 aromatic heterocycles. The third kappa shape index (κ3) is 5.44. The van der Waals surface area contributed by atoms with E-state index in [1.165, 1.54) is 0 Å². The lowest BCUT2D eigenvalue weighted by Crippen LogP contribution is -2.30. The number of aliphatic hydroxyl groups excluding tert-OH is 1. The van der Waals surface area contributed by atoms with E-state index in [0.29, 0.717) is 36.8 Å². The van der Waals surface area contributed by atoms with Gasteiger partial charge in [-0.15, -0.1) is 0 Å². The number of hydrogen-bond acceptors (Lipinski definition) is 5. The van der Waals surface area contributed by atoms with Gasteiger partial charge in [-0.2, -0.15) is 0 Å². The second-order valence-corrected chi connectivity index (χ2v) is 9.41. The quantitative estimate of drug-likeness (QED) is 0.294. The summed E-state index contributed by atoms with van der Waals surface area (Å²) in [5.41, 5.74) is 2.17. The summed E-state index contributed by atoms with van der Waals surface area (Å²) in [5, 5.41) is 11.2. The molecule has 3 rings (SSSR count). The first-order valence-corrected chi connectivity index (χ1v) is 11.9. The lowest BCUT2D eigenvalue weighted by molar-refractivity contribution is -0.139. The van der Waals surface area contributed by atoms with Gasteiger partial charge in [-0.3, -0.25) is 9.59 Å². The number of amides is 1. The first kappa shape index (κ1) is 25.3. The molecule has 182 valence electrons. The maximum Gasteiger partial charge on any atom is 0.295 e. The number of benzene rings is 2. The first-order valence-electron chi connectivity index (χ1n) is 11.9. The van der Waals surface area contributed by atoms with Gasteiger partial charge in [-0.25, -0.2) is 0 Å². The lowest BCUT2D eigenvalue weighted by Gasteiger charge is -2.25. The van der Waals surface area contributed by atoms with Crippen molar-refractivity contribution in [3.8, 4) is 11.5 Å². The summed E-state index contributed by atoms with van der Waals surface area (Å²) in [5.74, 6) is 0.396. The highest BCUT2D eigenvalue weighted by Crippen LogP contribution is 2.40. The Kier molecular flexibility index (Phi) is 8.02. The number of aryl methyl sites for hydroxylation is 1. The van der Waals surface area contributed by atoms with E-state index in [4.69, 9.17) is 9.47 Å². The van der Waals surface area contributed by atoms with Gasteiger partial charge in [0.05, 0.1) is 24.3 Å². The van der Waals surface area contributed by atoms with Crippen LogP contribution in [-0.4, -0.2) is 41.0 Å². The normalized spacial score (nSPS) is 17.6. The Labute approximate surface area is 202 Å². The van der Waals surface area contributed by atoms with Gasteiger partial charge in [0.15, 0.2) is 0 Å². The van der Waals surface area contributed by atoms with E-state index < -0.39 is 17.7 Å². The van der Waals surface area contributed by atoms with E-state index in [9.17, 15) is 14.7 Å². The molecule has 2 aromatic rings. The van der Waals surface area contributed by atoms with E-state index in [0.717, 1.165) is 16.9 Å². The molecular formula is C28H35NO5. The van der Waals surface area contributed by atoms with Crippen molar-refractivity contribution in [2.45, 2.75) is 60.1 Å². The number of carbonyl (C=O) groups excluding carboxylic acids is 2. The molecule has 1 aliphatic heterocycles. The Morgan fingerprint density at radius 3 is 2.29 bits per heavy atom. The molecule has 6 nitrogen and oxygen atoms in total. The maximum absolute atomic E-state index is 13.1. The van der Waals surface area contributed by atoms with Crippen LogP contribution < -0.4 is 9.47 Å².